The van der Waals surface area contributed by atoms with Crippen LogP contribution in [-0.4, -0.2) is 39.0 Å². The number of hydrogen-bond donors (Lipinski definition) is 1. The van der Waals surface area contributed by atoms with Crippen LogP contribution in [0.15, 0.2) is 0 Å². The van der Waals surface area contributed by atoms with E-state index in [-0.39, 0.29) is 0 Å². The second kappa shape index (κ2) is 6.97. The van der Waals surface area contributed by atoms with E-state index in [9.17, 15) is 0 Å². The minimum absolute atomic E-state index is 0.401. The Hall–Kier alpha value is -0.120. The maximum atomic E-state index is 6.22. The molecular formula is C18H33NO2. The predicted molar refractivity (Wildman–Crippen MR) is 85.4 cm³/mol. The lowest BCUT2D eigenvalue weighted by molar-refractivity contribution is -0.000750. The molecule has 1 aliphatic carbocycles. The topological polar surface area (TPSA) is 30.5 Å². The van der Waals surface area contributed by atoms with Gasteiger partial charge in [0.2, 0.25) is 0 Å². The van der Waals surface area contributed by atoms with Gasteiger partial charge in [-0.15, -0.1) is 0 Å². The molecule has 3 heteroatoms. The van der Waals surface area contributed by atoms with E-state index < -0.39 is 0 Å². The number of rotatable bonds is 7. The Balaban J connectivity index is 1.63. The van der Waals surface area contributed by atoms with Crippen molar-refractivity contribution in [3.8, 4) is 0 Å². The van der Waals surface area contributed by atoms with Crippen LogP contribution in [0.5, 0.6) is 0 Å². The maximum Gasteiger partial charge on any atom is 0.0672 e. The van der Waals surface area contributed by atoms with Crippen LogP contribution in [0, 0.1) is 23.2 Å². The molecule has 1 saturated carbocycles. The van der Waals surface area contributed by atoms with Crippen LogP contribution in [0.1, 0.15) is 52.4 Å². The Labute approximate surface area is 130 Å². The quantitative estimate of drug-likeness (QED) is 0.782. The van der Waals surface area contributed by atoms with E-state index in [0.29, 0.717) is 11.5 Å². The van der Waals surface area contributed by atoms with E-state index in [2.05, 4.69) is 19.2 Å². The van der Waals surface area contributed by atoms with E-state index in [1.54, 1.807) is 0 Å². The van der Waals surface area contributed by atoms with Crippen LogP contribution < -0.4 is 5.32 Å². The fourth-order valence-electron chi connectivity index (χ4n) is 4.36. The summed E-state index contributed by atoms with van der Waals surface area (Å²) in [4.78, 5) is 0. The zero-order valence-electron chi connectivity index (χ0n) is 13.9. The zero-order chi connectivity index (χ0) is 14.7. The molecule has 2 unspecified atom stereocenters. The summed E-state index contributed by atoms with van der Waals surface area (Å²) in [6.07, 6.45) is 8.43. The van der Waals surface area contributed by atoms with E-state index >= 15 is 0 Å². The van der Waals surface area contributed by atoms with Gasteiger partial charge >= 0.3 is 0 Å². The van der Waals surface area contributed by atoms with Crippen molar-refractivity contribution in [2.45, 2.75) is 58.5 Å². The number of hydrogen-bond acceptors (Lipinski definition) is 3. The van der Waals surface area contributed by atoms with Gasteiger partial charge in [-0.3, -0.25) is 0 Å². The summed E-state index contributed by atoms with van der Waals surface area (Å²) >= 11 is 0. The number of ether oxygens (including phenoxy) is 2. The molecule has 3 nitrogen and oxygen atoms in total. The van der Waals surface area contributed by atoms with Gasteiger partial charge in [-0.1, -0.05) is 13.8 Å². The molecule has 0 bridgehead atoms. The Kier molecular flexibility index (Phi) is 5.23. The molecule has 0 radical (unpaired) electrons. The first-order chi connectivity index (χ1) is 10.2. The Morgan fingerprint density at radius 2 is 1.86 bits per heavy atom. The SMILES string of the molecule is CC(C)CNCC1(CC2CCOCC2)CCOC1C1CC1. The summed E-state index contributed by atoms with van der Waals surface area (Å²) in [5.74, 6) is 2.43. The largest absolute Gasteiger partial charge is 0.381 e. The van der Waals surface area contributed by atoms with Gasteiger partial charge in [0.05, 0.1) is 6.10 Å². The predicted octanol–water partition coefficient (Wildman–Crippen LogP) is 3.23. The van der Waals surface area contributed by atoms with Crippen LogP contribution in [0.2, 0.25) is 0 Å². The highest BCUT2D eigenvalue weighted by Crippen LogP contribution is 2.51. The van der Waals surface area contributed by atoms with Gasteiger partial charge in [0.1, 0.15) is 0 Å². The lowest BCUT2D eigenvalue weighted by Crippen LogP contribution is -2.44. The molecule has 0 aromatic carbocycles. The van der Waals surface area contributed by atoms with Gasteiger partial charge in [0, 0.05) is 31.8 Å². The normalized spacial score (nSPS) is 34.7. The monoisotopic (exact) mass is 295 g/mol. The Morgan fingerprint density at radius 3 is 2.52 bits per heavy atom. The van der Waals surface area contributed by atoms with Crippen molar-refractivity contribution in [3.63, 3.8) is 0 Å². The van der Waals surface area contributed by atoms with E-state index in [4.69, 9.17) is 9.47 Å². The third-order valence-electron chi connectivity index (χ3n) is 5.62. The first-order valence-corrected chi connectivity index (χ1v) is 9.10. The molecule has 21 heavy (non-hydrogen) atoms. The summed E-state index contributed by atoms with van der Waals surface area (Å²) in [7, 11) is 0. The molecule has 0 spiro atoms. The van der Waals surface area contributed by atoms with Crippen LogP contribution in [0.25, 0.3) is 0 Å². The van der Waals surface area contributed by atoms with Gasteiger partial charge in [0.25, 0.3) is 0 Å². The summed E-state index contributed by atoms with van der Waals surface area (Å²) < 4.78 is 11.8. The Morgan fingerprint density at radius 1 is 1.10 bits per heavy atom. The van der Waals surface area contributed by atoms with Crippen molar-refractivity contribution in [3.05, 3.63) is 0 Å². The van der Waals surface area contributed by atoms with Crippen LogP contribution in [0.4, 0.5) is 0 Å². The average Bonchev–Trinajstić information content (AvgIpc) is 3.22. The molecule has 3 aliphatic rings. The van der Waals surface area contributed by atoms with Gasteiger partial charge in [-0.25, -0.2) is 0 Å². The molecule has 2 atom stereocenters. The fraction of sp³-hybridized carbons (Fsp3) is 1.00. The second-order valence-electron chi connectivity index (χ2n) is 8.03. The highest BCUT2D eigenvalue weighted by atomic mass is 16.5. The van der Waals surface area contributed by atoms with Crippen molar-refractivity contribution >= 4 is 0 Å². The van der Waals surface area contributed by atoms with Crippen molar-refractivity contribution in [2.24, 2.45) is 23.2 Å². The molecule has 2 heterocycles. The van der Waals surface area contributed by atoms with Crippen molar-refractivity contribution < 1.29 is 9.47 Å². The van der Waals surface area contributed by atoms with Crippen molar-refractivity contribution in [1.29, 1.82) is 0 Å². The highest BCUT2D eigenvalue weighted by Gasteiger charge is 2.51. The average molecular weight is 295 g/mol. The van der Waals surface area contributed by atoms with Gasteiger partial charge < -0.3 is 14.8 Å². The van der Waals surface area contributed by atoms with Crippen molar-refractivity contribution in [2.75, 3.05) is 32.9 Å². The van der Waals surface area contributed by atoms with Crippen molar-refractivity contribution in [1.82, 2.24) is 5.32 Å². The van der Waals surface area contributed by atoms with E-state index in [1.165, 1.54) is 38.5 Å². The molecule has 1 N–H and O–H groups in total. The minimum atomic E-state index is 0.401. The molecular weight excluding hydrogens is 262 g/mol. The summed E-state index contributed by atoms with van der Waals surface area (Å²) in [5.41, 5.74) is 0.401. The van der Waals surface area contributed by atoms with Crippen LogP contribution in [-0.2, 0) is 9.47 Å². The zero-order valence-corrected chi connectivity index (χ0v) is 13.9. The highest BCUT2D eigenvalue weighted by molar-refractivity contribution is 5.01. The first kappa shape index (κ1) is 15.8. The third kappa shape index (κ3) is 4.00. The van der Waals surface area contributed by atoms with Gasteiger partial charge in [0.15, 0.2) is 0 Å². The van der Waals surface area contributed by atoms with E-state index in [1.807, 2.05) is 0 Å². The smallest absolute Gasteiger partial charge is 0.0672 e. The molecule has 0 amide bonds. The molecule has 2 saturated heterocycles. The lowest BCUT2D eigenvalue weighted by atomic mass is 9.70. The Bertz CT molecular complexity index is 323. The standard InChI is InChI=1S/C18H33NO2/c1-14(2)12-19-13-18(11-15-5-8-20-9-6-15)7-10-21-17(18)16-3-4-16/h14-17,19H,3-13H2,1-2H3. The summed E-state index contributed by atoms with van der Waals surface area (Å²) in [6, 6.07) is 0. The van der Waals surface area contributed by atoms with Crippen LogP contribution in [0.3, 0.4) is 0 Å². The molecule has 3 rings (SSSR count). The van der Waals surface area contributed by atoms with E-state index in [0.717, 1.165) is 50.7 Å². The van der Waals surface area contributed by atoms with Crippen LogP contribution >= 0.6 is 0 Å². The molecule has 2 aliphatic heterocycles. The summed E-state index contributed by atoms with van der Waals surface area (Å²) in [5, 5.41) is 3.76. The molecule has 3 fully saturated rings. The molecule has 0 aromatic rings. The molecule has 122 valence electrons. The minimum Gasteiger partial charge on any atom is -0.381 e. The second-order valence-corrected chi connectivity index (χ2v) is 8.03. The lowest BCUT2D eigenvalue weighted by Gasteiger charge is -2.39. The van der Waals surface area contributed by atoms with Gasteiger partial charge in [-0.2, -0.15) is 0 Å². The molecule has 0 aromatic heterocycles. The number of nitrogens with one attached hydrogen (secondary N) is 1. The first-order valence-electron chi connectivity index (χ1n) is 9.10. The van der Waals surface area contributed by atoms with Gasteiger partial charge in [-0.05, 0) is 62.8 Å². The summed E-state index contributed by atoms with van der Waals surface area (Å²) in [6.45, 7) is 9.79. The fourth-order valence-corrected chi connectivity index (χ4v) is 4.36. The maximum absolute atomic E-state index is 6.22. The third-order valence-corrected chi connectivity index (χ3v) is 5.62.